The Morgan fingerprint density at radius 2 is 1.43 bits per heavy atom. The Balaban J connectivity index is 1.34. The van der Waals surface area contributed by atoms with Crippen LogP contribution in [0, 0.1) is 11.8 Å². The second-order valence-corrected chi connectivity index (χ2v) is 7.72. The van der Waals surface area contributed by atoms with Crippen LogP contribution in [0.2, 0.25) is 0 Å². The van der Waals surface area contributed by atoms with Gasteiger partial charge in [-0.1, -0.05) is 19.3 Å². The summed E-state index contributed by atoms with van der Waals surface area (Å²) in [6.07, 6.45) is 12.0. The van der Waals surface area contributed by atoms with Crippen molar-refractivity contribution in [3.05, 3.63) is 0 Å². The molecule has 3 aliphatic rings. The summed E-state index contributed by atoms with van der Waals surface area (Å²) in [5, 5.41) is 10.5. The van der Waals surface area contributed by atoms with Gasteiger partial charge < -0.3 is 14.9 Å². The first kappa shape index (κ1) is 15.8. The zero-order valence-corrected chi connectivity index (χ0v) is 13.7. The van der Waals surface area contributed by atoms with E-state index in [2.05, 4.69) is 9.80 Å². The number of nitrogens with zero attached hydrogens (tertiary/aromatic N) is 2. The van der Waals surface area contributed by atoms with Crippen LogP contribution < -0.4 is 0 Å². The molecular formula is C18H34N2O. The molecule has 1 saturated carbocycles. The first-order valence-corrected chi connectivity index (χ1v) is 9.44. The summed E-state index contributed by atoms with van der Waals surface area (Å²) in [7, 11) is 0. The Morgan fingerprint density at radius 1 is 0.762 bits per heavy atom. The van der Waals surface area contributed by atoms with Crippen LogP contribution in [0.4, 0.5) is 0 Å². The molecule has 0 aromatic carbocycles. The Labute approximate surface area is 130 Å². The Bertz CT molecular complexity index is 290. The van der Waals surface area contributed by atoms with Gasteiger partial charge in [0.2, 0.25) is 0 Å². The molecule has 2 saturated heterocycles. The normalized spacial score (nSPS) is 29.0. The van der Waals surface area contributed by atoms with Gasteiger partial charge in [0.05, 0.1) is 6.10 Å². The lowest BCUT2D eigenvalue weighted by molar-refractivity contribution is 0.0342. The molecular weight excluding hydrogens is 260 g/mol. The highest BCUT2D eigenvalue weighted by Gasteiger charge is 2.27. The van der Waals surface area contributed by atoms with Gasteiger partial charge in [-0.2, -0.15) is 0 Å². The molecule has 1 N–H and O–H groups in total. The van der Waals surface area contributed by atoms with E-state index in [9.17, 15) is 5.11 Å². The van der Waals surface area contributed by atoms with Gasteiger partial charge in [-0.25, -0.2) is 0 Å². The summed E-state index contributed by atoms with van der Waals surface area (Å²) in [4.78, 5) is 5.19. The molecule has 1 aliphatic carbocycles. The number of likely N-dealkylation sites (tertiary alicyclic amines) is 2. The number of β-amino-alcohol motifs (C(OH)–C–C–N with tert-alkyl or cyclic N) is 1. The largest absolute Gasteiger partial charge is 0.392 e. The zero-order chi connectivity index (χ0) is 14.5. The summed E-state index contributed by atoms with van der Waals surface area (Å²) >= 11 is 0. The van der Waals surface area contributed by atoms with Crippen LogP contribution in [0.25, 0.3) is 0 Å². The monoisotopic (exact) mass is 294 g/mol. The Kier molecular flexibility index (Phi) is 5.96. The molecule has 3 nitrogen and oxygen atoms in total. The predicted octanol–water partition coefficient (Wildman–Crippen LogP) is 2.74. The molecule has 0 aromatic rings. The summed E-state index contributed by atoms with van der Waals surface area (Å²) in [6, 6.07) is 0. The van der Waals surface area contributed by atoms with Crippen LogP contribution in [0.3, 0.4) is 0 Å². The van der Waals surface area contributed by atoms with Crippen molar-refractivity contribution in [2.45, 2.75) is 63.9 Å². The molecule has 0 amide bonds. The molecule has 0 spiro atoms. The van der Waals surface area contributed by atoms with Crippen LogP contribution in [0.5, 0.6) is 0 Å². The van der Waals surface area contributed by atoms with E-state index in [1.165, 1.54) is 90.5 Å². The molecule has 3 heteroatoms. The van der Waals surface area contributed by atoms with Gasteiger partial charge in [-0.15, -0.1) is 0 Å². The quantitative estimate of drug-likeness (QED) is 0.844. The fourth-order valence-electron chi connectivity index (χ4n) is 4.61. The van der Waals surface area contributed by atoms with Crippen LogP contribution in [0.1, 0.15) is 57.8 Å². The lowest BCUT2D eigenvalue weighted by atomic mass is 9.85. The van der Waals surface area contributed by atoms with Crippen molar-refractivity contribution in [3.63, 3.8) is 0 Å². The SMILES string of the molecule is OC(CN1CCC(CN2CCCC2)CC1)C1CCCCC1. The molecule has 2 heterocycles. The summed E-state index contributed by atoms with van der Waals surface area (Å²) < 4.78 is 0. The van der Waals surface area contributed by atoms with Gasteiger partial charge in [0, 0.05) is 13.1 Å². The molecule has 21 heavy (non-hydrogen) atoms. The number of aliphatic hydroxyl groups excluding tert-OH is 1. The van der Waals surface area contributed by atoms with E-state index in [4.69, 9.17) is 0 Å². The van der Waals surface area contributed by atoms with Gasteiger partial charge in [0.1, 0.15) is 0 Å². The molecule has 2 aliphatic heterocycles. The van der Waals surface area contributed by atoms with Crippen molar-refractivity contribution in [1.82, 2.24) is 9.80 Å². The average molecular weight is 294 g/mol. The first-order valence-electron chi connectivity index (χ1n) is 9.44. The predicted molar refractivity (Wildman–Crippen MR) is 87.4 cm³/mol. The molecule has 3 rings (SSSR count). The fraction of sp³-hybridized carbons (Fsp3) is 1.00. The molecule has 1 atom stereocenters. The maximum absolute atomic E-state index is 10.5. The number of hydrogen-bond donors (Lipinski definition) is 1. The van der Waals surface area contributed by atoms with Crippen LogP contribution in [-0.4, -0.2) is 60.3 Å². The molecule has 122 valence electrons. The highest BCUT2D eigenvalue weighted by Crippen LogP contribution is 2.28. The van der Waals surface area contributed by atoms with Gasteiger partial charge in [0.15, 0.2) is 0 Å². The second kappa shape index (κ2) is 7.94. The molecule has 3 fully saturated rings. The summed E-state index contributed by atoms with van der Waals surface area (Å²) in [6.45, 7) is 7.35. The third kappa shape index (κ3) is 4.67. The first-order chi connectivity index (χ1) is 10.3. The van der Waals surface area contributed by atoms with Gasteiger partial charge >= 0.3 is 0 Å². The van der Waals surface area contributed by atoms with Crippen LogP contribution in [-0.2, 0) is 0 Å². The minimum absolute atomic E-state index is 0.0690. The fourth-order valence-corrected chi connectivity index (χ4v) is 4.61. The highest BCUT2D eigenvalue weighted by atomic mass is 16.3. The van der Waals surface area contributed by atoms with E-state index in [0.29, 0.717) is 5.92 Å². The smallest absolute Gasteiger partial charge is 0.0695 e. The van der Waals surface area contributed by atoms with E-state index >= 15 is 0 Å². The third-order valence-corrected chi connectivity index (χ3v) is 6.06. The van der Waals surface area contributed by atoms with E-state index in [-0.39, 0.29) is 6.10 Å². The van der Waals surface area contributed by atoms with E-state index in [0.717, 1.165) is 12.5 Å². The molecule has 0 bridgehead atoms. The molecule has 0 radical (unpaired) electrons. The lowest BCUT2D eigenvalue weighted by Gasteiger charge is -2.36. The highest BCUT2D eigenvalue weighted by molar-refractivity contribution is 4.81. The number of aliphatic hydroxyl groups is 1. The zero-order valence-electron chi connectivity index (χ0n) is 13.7. The maximum Gasteiger partial charge on any atom is 0.0695 e. The average Bonchev–Trinajstić information content (AvgIpc) is 3.03. The van der Waals surface area contributed by atoms with E-state index in [1.807, 2.05) is 0 Å². The van der Waals surface area contributed by atoms with Crippen LogP contribution in [0.15, 0.2) is 0 Å². The lowest BCUT2D eigenvalue weighted by Crippen LogP contribution is -2.43. The Hall–Kier alpha value is -0.120. The molecule has 1 unspecified atom stereocenters. The topological polar surface area (TPSA) is 26.7 Å². The van der Waals surface area contributed by atoms with E-state index in [1.54, 1.807) is 0 Å². The number of rotatable bonds is 5. The van der Waals surface area contributed by atoms with Crippen molar-refractivity contribution in [2.24, 2.45) is 11.8 Å². The number of piperidine rings is 1. The third-order valence-electron chi connectivity index (χ3n) is 6.06. The summed E-state index contributed by atoms with van der Waals surface area (Å²) in [5.74, 6) is 1.49. The van der Waals surface area contributed by atoms with Gasteiger partial charge in [-0.3, -0.25) is 0 Å². The van der Waals surface area contributed by atoms with Crippen molar-refractivity contribution in [1.29, 1.82) is 0 Å². The maximum atomic E-state index is 10.5. The van der Waals surface area contributed by atoms with Crippen molar-refractivity contribution < 1.29 is 5.11 Å². The van der Waals surface area contributed by atoms with Crippen molar-refractivity contribution >= 4 is 0 Å². The minimum atomic E-state index is -0.0690. The minimum Gasteiger partial charge on any atom is -0.392 e. The van der Waals surface area contributed by atoms with Crippen molar-refractivity contribution in [2.75, 3.05) is 39.3 Å². The van der Waals surface area contributed by atoms with Gasteiger partial charge in [-0.05, 0) is 76.5 Å². The summed E-state index contributed by atoms with van der Waals surface area (Å²) in [5.41, 5.74) is 0. The standard InChI is InChI=1S/C18H34N2O/c21-18(17-6-2-1-3-7-17)15-20-12-8-16(9-13-20)14-19-10-4-5-11-19/h16-18,21H,1-15H2. The van der Waals surface area contributed by atoms with Gasteiger partial charge in [0.25, 0.3) is 0 Å². The Morgan fingerprint density at radius 3 is 2.10 bits per heavy atom. The molecule has 0 aromatic heterocycles. The van der Waals surface area contributed by atoms with E-state index < -0.39 is 0 Å². The van der Waals surface area contributed by atoms with Crippen molar-refractivity contribution in [3.8, 4) is 0 Å². The second-order valence-electron chi connectivity index (χ2n) is 7.72. The number of hydrogen-bond acceptors (Lipinski definition) is 3. The van der Waals surface area contributed by atoms with Crippen LogP contribution >= 0.6 is 0 Å².